The highest BCUT2D eigenvalue weighted by Gasteiger charge is 2.32. The zero-order valence-corrected chi connectivity index (χ0v) is 29.5. The zero-order chi connectivity index (χ0) is 34.1. The van der Waals surface area contributed by atoms with Crippen molar-refractivity contribution in [1.82, 2.24) is 20.9 Å². The molecule has 0 aliphatic carbocycles. The molecule has 1 fully saturated rings. The van der Waals surface area contributed by atoms with Crippen LogP contribution in [0.5, 0.6) is 0 Å². The summed E-state index contributed by atoms with van der Waals surface area (Å²) in [6.45, 7) is 7.33. The monoisotopic (exact) mass is 712 g/mol. The third-order valence-electron chi connectivity index (χ3n) is 8.51. The Kier molecular flexibility index (Phi) is 11.9. The van der Waals surface area contributed by atoms with Crippen LogP contribution in [-0.4, -0.2) is 66.7 Å². The summed E-state index contributed by atoms with van der Waals surface area (Å²) in [6.07, 6.45) is 1.32. The quantitative estimate of drug-likeness (QED) is 0.145. The Morgan fingerprint density at radius 2 is 1.56 bits per heavy atom. The van der Waals surface area contributed by atoms with Crippen LogP contribution in [0.25, 0.3) is 10.8 Å². The van der Waals surface area contributed by atoms with Crippen LogP contribution in [0, 0.1) is 0 Å². The van der Waals surface area contributed by atoms with E-state index in [0.29, 0.717) is 51.0 Å². The van der Waals surface area contributed by atoms with E-state index in [9.17, 15) is 14.4 Å². The van der Waals surface area contributed by atoms with Crippen LogP contribution in [-0.2, 0) is 9.53 Å². The second-order valence-electron chi connectivity index (χ2n) is 13.4. The van der Waals surface area contributed by atoms with Gasteiger partial charge in [-0.1, -0.05) is 88.7 Å². The van der Waals surface area contributed by atoms with Gasteiger partial charge in [0.2, 0.25) is 5.91 Å². The Balaban J connectivity index is 1.29. The predicted molar refractivity (Wildman–Crippen MR) is 194 cm³/mol. The molecule has 1 saturated heterocycles. The number of nitrogens with zero attached hydrogens (tertiary/aromatic N) is 1. The van der Waals surface area contributed by atoms with Gasteiger partial charge < -0.3 is 25.6 Å². The maximum Gasteiger partial charge on any atom is 0.407 e. The fourth-order valence-corrected chi connectivity index (χ4v) is 6.49. The minimum atomic E-state index is -0.584. The van der Waals surface area contributed by atoms with Gasteiger partial charge in [-0.2, -0.15) is 0 Å². The Labute approximate surface area is 291 Å². The lowest BCUT2D eigenvalue weighted by molar-refractivity contribution is -0.133. The van der Waals surface area contributed by atoms with Crippen molar-refractivity contribution in [3.63, 3.8) is 0 Å². The molecule has 252 valence electrons. The van der Waals surface area contributed by atoms with Crippen molar-refractivity contribution >= 4 is 44.6 Å². The molecule has 0 radical (unpaired) electrons. The highest BCUT2D eigenvalue weighted by atomic mass is 79.9. The molecule has 1 aliphatic heterocycles. The highest BCUT2D eigenvalue weighted by Crippen LogP contribution is 2.27. The smallest absolute Gasteiger partial charge is 0.407 e. The highest BCUT2D eigenvalue weighted by molar-refractivity contribution is 9.10. The maximum atomic E-state index is 14.2. The van der Waals surface area contributed by atoms with Gasteiger partial charge in [0, 0.05) is 48.2 Å². The van der Waals surface area contributed by atoms with Gasteiger partial charge in [0.05, 0.1) is 6.04 Å². The van der Waals surface area contributed by atoms with Gasteiger partial charge in [-0.3, -0.25) is 9.59 Å². The van der Waals surface area contributed by atoms with E-state index in [4.69, 9.17) is 4.74 Å². The molecule has 48 heavy (non-hydrogen) atoms. The summed E-state index contributed by atoms with van der Waals surface area (Å²) in [7, 11) is 0. The summed E-state index contributed by atoms with van der Waals surface area (Å²) in [5, 5.41) is 11.5. The van der Waals surface area contributed by atoms with Gasteiger partial charge in [0.1, 0.15) is 5.60 Å². The molecule has 8 nitrogen and oxygen atoms in total. The van der Waals surface area contributed by atoms with Gasteiger partial charge in [0.25, 0.3) is 5.91 Å². The summed E-state index contributed by atoms with van der Waals surface area (Å²) in [5.74, 6) is -0.116. The predicted octanol–water partition coefficient (Wildman–Crippen LogP) is 7.03. The standard InChI is InChI=1S/C39H45BrN4O4/c1-39(2,3)48-38(47)41-21-10-15-35-37(46)44(26-34(27-11-6-4-7-12-27)28-13-8-5-9-14-28)22-20-33(43-35)25-42-36(45)31-17-16-30-24-32(40)19-18-29(30)23-31/h4-9,11-14,16-19,23-24,33-35,43H,10,15,20-22,25-26H2,1-3H3,(H,41,47)(H,42,45)/t33?,35-/m0/s1. The van der Waals surface area contributed by atoms with Crippen LogP contribution in [0.1, 0.15) is 67.4 Å². The van der Waals surface area contributed by atoms with Crippen LogP contribution in [0.3, 0.4) is 0 Å². The van der Waals surface area contributed by atoms with Crippen LogP contribution in [0.2, 0.25) is 0 Å². The summed E-state index contributed by atoms with van der Waals surface area (Å²) in [5.41, 5.74) is 2.31. The normalized spacial score (nSPS) is 16.9. The van der Waals surface area contributed by atoms with Crippen molar-refractivity contribution < 1.29 is 19.1 Å². The lowest BCUT2D eigenvalue weighted by atomic mass is 9.90. The molecule has 0 bridgehead atoms. The maximum absolute atomic E-state index is 14.2. The zero-order valence-electron chi connectivity index (χ0n) is 27.9. The molecule has 2 atom stereocenters. The number of benzene rings is 4. The minimum absolute atomic E-state index is 0.00983. The van der Waals surface area contributed by atoms with E-state index in [0.717, 1.165) is 26.4 Å². The molecule has 3 amide bonds. The topological polar surface area (TPSA) is 99.8 Å². The SMILES string of the molecule is CC(C)(C)OC(=O)NCCC[C@@H]1NC(CNC(=O)c2ccc3cc(Br)ccc3c2)CCN(CC(c2ccccc2)c2ccccc2)C1=O. The summed E-state index contributed by atoms with van der Waals surface area (Å²) in [6, 6.07) is 31.7. The number of fused-ring (bicyclic) bond motifs is 1. The van der Waals surface area contributed by atoms with Gasteiger partial charge in [-0.25, -0.2) is 4.79 Å². The third-order valence-corrected chi connectivity index (χ3v) is 9.01. The second-order valence-corrected chi connectivity index (χ2v) is 14.3. The number of nitrogens with one attached hydrogen (secondary N) is 3. The van der Waals surface area contributed by atoms with E-state index in [-0.39, 0.29) is 23.8 Å². The molecule has 4 aromatic rings. The number of alkyl carbamates (subject to hydrolysis) is 1. The van der Waals surface area contributed by atoms with E-state index in [1.165, 1.54) is 0 Å². The Bertz CT molecular complexity index is 1650. The molecule has 0 spiro atoms. The number of hydrogen-bond donors (Lipinski definition) is 3. The molecule has 0 saturated carbocycles. The van der Waals surface area contributed by atoms with E-state index in [1.807, 2.05) is 98.5 Å². The molecule has 1 heterocycles. The first-order valence-electron chi connectivity index (χ1n) is 16.6. The lowest BCUT2D eigenvalue weighted by Crippen LogP contribution is -2.49. The first kappa shape index (κ1) is 35.1. The van der Waals surface area contributed by atoms with E-state index in [2.05, 4.69) is 56.1 Å². The first-order valence-corrected chi connectivity index (χ1v) is 17.4. The molecule has 9 heteroatoms. The molecular formula is C39H45BrN4O4. The second kappa shape index (κ2) is 16.3. The van der Waals surface area contributed by atoms with Gasteiger partial charge in [-0.15, -0.1) is 0 Å². The van der Waals surface area contributed by atoms with Crippen molar-refractivity contribution in [3.05, 3.63) is 118 Å². The number of amides is 3. The van der Waals surface area contributed by atoms with Crippen molar-refractivity contribution in [3.8, 4) is 0 Å². The van der Waals surface area contributed by atoms with Crippen molar-refractivity contribution in [2.45, 2.75) is 63.6 Å². The van der Waals surface area contributed by atoms with E-state index >= 15 is 0 Å². The molecule has 3 N–H and O–H groups in total. The Hall–Kier alpha value is -4.21. The summed E-state index contributed by atoms with van der Waals surface area (Å²) >= 11 is 3.50. The fraction of sp³-hybridized carbons (Fsp3) is 0.359. The van der Waals surface area contributed by atoms with Crippen molar-refractivity contribution in [2.24, 2.45) is 0 Å². The van der Waals surface area contributed by atoms with Crippen molar-refractivity contribution in [2.75, 3.05) is 26.2 Å². The third kappa shape index (κ3) is 9.90. The van der Waals surface area contributed by atoms with E-state index in [1.54, 1.807) is 0 Å². The average Bonchev–Trinajstić information content (AvgIpc) is 3.21. The fourth-order valence-electron chi connectivity index (χ4n) is 6.11. The Morgan fingerprint density at radius 3 is 2.23 bits per heavy atom. The average molecular weight is 714 g/mol. The van der Waals surface area contributed by atoms with Crippen LogP contribution < -0.4 is 16.0 Å². The number of carbonyl (C=O) groups is 3. The molecule has 4 aromatic carbocycles. The van der Waals surface area contributed by atoms with Gasteiger partial charge >= 0.3 is 6.09 Å². The summed E-state index contributed by atoms with van der Waals surface area (Å²) in [4.78, 5) is 41.6. The molecule has 1 unspecified atom stereocenters. The van der Waals surface area contributed by atoms with Crippen LogP contribution >= 0.6 is 15.9 Å². The van der Waals surface area contributed by atoms with Crippen LogP contribution in [0.4, 0.5) is 4.79 Å². The number of rotatable bonds is 11. The van der Waals surface area contributed by atoms with E-state index < -0.39 is 17.7 Å². The number of carbonyl (C=O) groups excluding carboxylic acids is 3. The minimum Gasteiger partial charge on any atom is -0.444 e. The molecule has 5 rings (SSSR count). The number of ether oxygens (including phenoxy) is 1. The number of halogens is 1. The van der Waals surface area contributed by atoms with Crippen LogP contribution in [0.15, 0.2) is 102 Å². The molecular weight excluding hydrogens is 668 g/mol. The van der Waals surface area contributed by atoms with Gasteiger partial charge in [0.15, 0.2) is 0 Å². The molecule has 0 aromatic heterocycles. The van der Waals surface area contributed by atoms with Crippen molar-refractivity contribution in [1.29, 1.82) is 0 Å². The number of hydrogen-bond acceptors (Lipinski definition) is 5. The largest absolute Gasteiger partial charge is 0.444 e. The molecule has 1 aliphatic rings. The lowest BCUT2D eigenvalue weighted by Gasteiger charge is -2.29. The summed E-state index contributed by atoms with van der Waals surface area (Å²) < 4.78 is 6.36. The Morgan fingerprint density at radius 1 is 0.917 bits per heavy atom. The van der Waals surface area contributed by atoms with Gasteiger partial charge in [-0.05, 0) is 86.2 Å². The first-order chi connectivity index (χ1) is 23.1.